The lowest BCUT2D eigenvalue weighted by molar-refractivity contribution is -0.309. The number of carbonyl (C=O) groups is 3. The molecule has 1 aromatic carbocycles. The summed E-state index contributed by atoms with van der Waals surface area (Å²) >= 11 is 0. The van der Waals surface area contributed by atoms with Crippen LogP contribution < -0.4 is 21.4 Å². The molecule has 9 heteroatoms. The predicted octanol–water partition coefficient (Wildman–Crippen LogP) is 1.40. The minimum atomic E-state index is -1.38. The monoisotopic (exact) mass is 455 g/mol. The molecule has 0 spiro atoms. The van der Waals surface area contributed by atoms with Crippen LogP contribution in [0.1, 0.15) is 42.5 Å². The molecule has 2 atom stereocenters. The first-order valence-electron chi connectivity index (χ1n) is 10.8. The number of furan rings is 1. The summed E-state index contributed by atoms with van der Waals surface area (Å²) in [6, 6.07) is 0.721. The molecule has 3 aromatic rings. The number of nitrogens with one attached hydrogen (secondary N) is 2. The number of amides is 2. The molecule has 33 heavy (non-hydrogen) atoms. The quantitative estimate of drug-likeness (QED) is 0.489. The van der Waals surface area contributed by atoms with Crippen LogP contribution in [0.2, 0.25) is 0 Å². The van der Waals surface area contributed by atoms with Crippen LogP contribution in [0, 0.1) is 26.7 Å². The Hall–Kier alpha value is -3.62. The van der Waals surface area contributed by atoms with Crippen molar-refractivity contribution in [1.82, 2.24) is 10.6 Å². The molecule has 0 bridgehead atoms. The zero-order valence-electron chi connectivity index (χ0n) is 19.3. The molecule has 0 radical (unpaired) electrons. The molecule has 0 saturated carbocycles. The van der Waals surface area contributed by atoms with E-state index < -0.39 is 36.0 Å². The van der Waals surface area contributed by atoms with E-state index in [4.69, 9.17) is 8.83 Å². The van der Waals surface area contributed by atoms with Gasteiger partial charge in [-0.2, -0.15) is 0 Å². The number of carboxylic acid groups (broad SMARTS) is 1. The third-order valence-electron chi connectivity index (χ3n) is 6.10. The number of hydrogen-bond donors (Lipinski definition) is 2. The number of rotatable bonds is 8. The van der Waals surface area contributed by atoms with Crippen LogP contribution >= 0.6 is 0 Å². The zero-order valence-corrected chi connectivity index (χ0v) is 19.3. The molecule has 176 valence electrons. The van der Waals surface area contributed by atoms with Crippen molar-refractivity contribution < 1.29 is 28.3 Å². The summed E-state index contributed by atoms with van der Waals surface area (Å²) in [6.45, 7) is 8.52. The van der Waals surface area contributed by atoms with Gasteiger partial charge in [0.1, 0.15) is 11.2 Å². The lowest BCUT2D eigenvalue weighted by Gasteiger charge is -2.25. The molecule has 0 unspecified atom stereocenters. The van der Waals surface area contributed by atoms with Gasteiger partial charge < -0.3 is 29.4 Å². The Labute approximate surface area is 190 Å². The van der Waals surface area contributed by atoms with Gasteiger partial charge in [0.2, 0.25) is 11.8 Å². The third kappa shape index (κ3) is 4.76. The van der Waals surface area contributed by atoms with Gasteiger partial charge in [0, 0.05) is 16.3 Å². The van der Waals surface area contributed by atoms with E-state index in [9.17, 15) is 24.3 Å². The van der Waals surface area contributed by atoms with Crippen LogP contribution in [-0.4, -0.2) is 30.4 Å². The maximum absolute atomic E-state index is 12.6. The first kappa shape index (κ1) is 24.0. The van der Waals surface area contributed by atoms with E-state index in [2.05, 4.69) is 10.6 Å². The highest BCUT2D eigenvalue weighted by atomic mass is 16.4. The topological polar surface area (TPSA) is 142 Å². The largest absolute Gasteiger partial charge is 0.548 e. The summed E-state index contributed by atoms with van der Waals surface area (Å²) in [5.41, 5.74) is 2.85. The van der Waals surface area contributed by atoms with Crippen LogP contribution in [0.5, 0.6) is 0 Å². The molecule has 2 aromatic heterocycles. The van der Waals surface area contributed by atoms with E-state index in [1.165, 1.54) is 0 Å². The summed E-state index contributed by atoms with van der Waals surface area (Å²) in [4.78, 5) is 48.4. The number of carboxylic acids is 1. The molecule has 3 rings (SSSR count). The normalized spacial score (nSPS) is 13.1. The van der Waals surface area contributed by atoms with Gasteiger partial charge >= 0.3 is 5.63 Å². The number of benzene rings is 1. The van der Waals surface area contributed by atoms with E-state index >= 15 is 0 Å². The zero-order chi connectivity index (χ0) is 24.4. The fraction of sp³-hybridized carbons (Fsp3) is 0.417. The van der Waals surface area contributed by atoms with Crippen molar-refractivity contribution in [3.63, 3.8) is 0 Å². The molecule has 2 heterocycles. The van der Waals surface area contributed by atoms with E-state index in [1.54, 1.807) is 34.0 Å². The van der Waals surface area contributed by atoms with Gasteiger partial charge in [0.25, 0.3) is 0 Å². The van der Waals surface area contributed by atoms with E-state index in [-0.39, 0.29) is 17.9 Å². The second-order valence-electron chi connectivity index (χ2n) is 8.37. The molecule has 2 N–H and O–H groups in total. The smallest absolute Gasteiger partial charge is 0.340 e. The minimum absolute atomic E-state index is 0.188. The first-order valence-corrected chi connectivity index (χ1v) is 10.8. The number of carbonyl (C=O) groups excluding carboxylic acids is 3. The highest BCUT2D eigenvalue weighted by molar-refractivity contribution is 6.00. The predicted molar refractivity (Wildman–Crippen MR) is 120 cm³/mol. The van der Waals surface area contributed by atoms with E-state index in [1.807, 2.05) is 13.0 Å². The first-order chi connectivity index (χ1) is 15.5. The Bertz CT molecular complexity index is 1300. The molecule has 0 saturated heterocycles. The van der Waals surface area contributed by atoms with Crippen LogP contribution in [0.25, 0.3) is 21.9 Å². The lowest BCUT2D eigenvalue weighted by atomic mass is 9.99. The average Bonchev–Trinajstić information content (AvgIpc) is 3.14. The Kier molecular flexibility index (Phi) is 6.90. The second-order valence-corrected chi connectivity index (χ2v) is 8.37. The summed E-state index contributed by atoms with van der Waals surface area (Å²) < 4.78 is 11.1. The summed E-state index contributed by atoms with van der Waals surface area (Å²) in [5, 5.41) is 17.6. The van der Waals surface area contributed by atoms with Crippen molar-refractivity contribution >= 4 is 39.7 Å². The average molecular weight is 455 g/mol. The van der Waals surface area contributed by atoms with Crippen LogP contribution in [-0.2, 0) is 20.8 Å². The SMILES string of the molecule is CC[C@@H](C)[C@H](NC(=O)CNC(=O)Cc1c(C)c2cc3c(C)coc3c(C)c2oc1=O)C(=O)[O-]. The summed E-state index contributed by atoms with van der Waals surface area (Å²) in [7, 11) is 0. The molecule has 0 aliphatic heterocycles. The van der Waals surface area contributed by atoms with Crippen molar-refractivity contribution in [2.75, 3.05) is 6.54 Å². The number of aliphatic carboxylic acids is 1. The fourth-order valence-electron chi connectivity index (χ4n) is 3.82. The van der Waals surface area contributed by atoms with E-state index in [0.29, 0.717) is 34.1 Å². The van der Waals surface area contributed by atoms with Crippen LogP contribution in [0.3, 0.4) is 0 Å². The molecule has 9 nitrogen and oxygen atoms in total. The summed E-state index contributed by atoms with van der Waals surface area (Å²) in [5.74, 6) is -2.93. The fourth-order valence-corrected chi connectivity index (χ4v) is 3.82. The van der Waals surface area contributed by atoms with Crippen molar-refractivity contribution in [1.29, 1.82) is 0 Å². The van der Waals surface area contributed by atoms with Gasteiger partial charge in [0.05, 0.1) is 36.8 Å². The van der Waals surface area contributed by atoms with Gasteiger partial charge in [0.15, 0.2) is 0 Å². The Balaban J connectivity index is 1.77. The molecule has 0 aliphatic carbocycles. The number of fused-ring (bicyclic) bond motifs is 2. The minimum Gasteiger partial charge on any atom is -0.548 e. The Morgan fingerprint density at radius 1 is 1.06 bits per heavy atom. The van der Waals surface area contributed by atoms with Crippen LogP contribution in [0.4, 0.5) is 0 Å². The van der Waals surface area contributed by atoms with Crippen molar-refractivity contribution in [3.8, 4) is 0 Å². The number of hydrogen-bond acceptors (Lipinski definition) is 7. The van der Waals surface area contributed by atoms with Gasteiger partial charge in [-0.25, -0.2) is 4.79 Å². The molecular weight excluding hydrogens is 428 g/mol. The second kappa shape index (κ2) is 9.48. The highest BCUT2D eigenvalue weighted by Crippen LogP contribution is 2.32. The lowest BCUT2D eigenvalue weighted by Crippen LogP contribution is -2.53. The van der Waals surface area contributed by atoms with Gasteiger partial charge in [-0.15, -0.1) is 0 Å². The molecule has 2 amide bonds. The van der Waals surface area contributed by atoms with E-state index in [0.717, 1.165) is 10.9 Å². The third-order valence-corrected chi connectivity index (χ3v) is 6.10. The van der Waals surface area contributed by atoms with Crippen LogP contribution in [0.15, 0.2) is 26.0 Å². The van der Waals surface area contributed by atoms with Gasteiger partial charge in [-0.05, 0) is 43.9 Å². The number of aryl methyl sites for hydroxylation is 3. The van der Waals surface area contributed by atoms with Crippen molar-refractivity contribution in [2.24, 2.45) is 5.92 Å². The standard InChI is InChI=1S/C24H28N2O7/c1-6-11(2)20(23(29)30)26-19(28)9-25-18(27)8-17-13(4)16-7-15-12(3)10-32-21(15)14(5)22(16)33-24(17)31/h7,10-11,20H,6,8-9H2,1-5H3,(H,25,27)(H,26,28)(H,29,30)/p-1/t11-,20+/m1/s1. The van der Waals surface area contributed by atoms with Crippen molar-refractivity contribution in [2.45, 2.75) is 53.5 Å². The van der Waals surface area contributed by atoms with Crippen molar-refractivity contribution in [3.05, 3.63) is 45.0 Å². The Morgan fingerprint density at radius 3 is 2.39 bits per heavy atom. The van der Waals surface area contributed by atoms with Gasteiger partial charge in [-0.1, -0.05) is 20.3 Å². The maximum Gasteiger partial charge on any atom is 0.340 e. The maximum atomic E-state index is 12.6. The Morgan fingerprint density at radius 2 is 1.76 bits per heavy atom. The molecule has 0 aliphatic rings. The van der Waals surface area contributed by atoms with Gasteiger partial charge in [-0.3, -0.25) is 9.59 Å². The summed E-state index contributed by atoms with van der Waals surface area (Å²) in [6.07, 6.45) is 1.89. The molecule has 0 fully saturated rings. The molecular formula is C24H27N2O7-. The highest BCUT2D eigenvalue weighted by Gasteiger charge is 2.21.